The molecule has 1 saturated heterocycles. The van der Waals surface area contributed by atoms with Crippen LogP contribution in [0.3, 0.4) is 0 Å². The molecule has 0 radical (unpaired) electrons. The molecule has 0 amide bonds. The monoisotopic (exact) mass is 214 g/mol. The second-order valence-corrected chi connectivity index (χ2v) is 4.35. The number of rotatable bonds is 3. The van der Waals surface area contributed by atoms with Gasteiger partial charge >= 0.3 is 0 Å². The van der Waals surface area contributed by atoms with E-state index in [1.807, 2.05) is 13.0 Å². The molecule has 2 unspecified atom stereocenters. The van der Waals surface area contributed by atoms with E-state index >= 15 is 0 Å². The summed E-state index contributed by atoms with van der Waals surface area (Å²) in [5.74, 6) is 0. The fraction of sp³-hybridized carbons (Fsp3) is 0.286. The Labute approximate surface area is 97.1 Å². The van der Waals surface area contributed by atoms with Crippen molar-refractivity contribution >= 4 is 0 Å². The summed E-state index contributed by atoms with van der Waals surface area (Å²) in [7, 11) is 0. The zero-order chi connectivity index (χ0) is 11.5. The highest BCUT2D eigenvalue weighted by atomic mass is 15.1. The first kappa shape index (κ1) is 10.8. The van der Waals surface area contributed by atoms with Crippen molar-refractivity contribution in [1.29, 1.82) is 0 Å². The van der Waals surface area contributed by atoms with Crippen LogP contribution >= 0.6 is 0 Å². The van der Waals surface area contributed by atoms with E-state index in [0.29, 0.717) is 12.1 Å². The zero-order valence-electron chi connectivity index (χ0n) is 9.66. The average Bonchev–Trinajstić information content (AvgIpc) is 2.61. The van der Waals surface area contributed by atoms with Gasteiger partial charge in [0, 0.05) is 11.4 Å². The van der Waals surface area contributed by atoms with E-state index in [9.17, 15) is 0 Å². The SMILES string of the molecule is C=C(C)NC1CC(c2ccccc2)NC1=C. The second-order valence-electron chi connectivity index (χ2n) is 4.35. The predicted octanol–water partition coefficient (Wildman–Crippen LogP) is 2.73. The summed E-state index contributed by atoms with van der Waals surface area (Å²) >= 11 is 0. The minimum Gasteiger partial charge on any atom is -0.381 e. The molecular formula is C14H18N2. The summed E-state index contributed by atoms with van der Waals surface area (Å²) in [5, 5.41) is 6.76. The lowest BCUT2D eigenvalue weighted by molar-refractivity contribution is 0.600. The maximum atomic E-state index is 4.05. The Balaban J connectivity index is 2.07. The topological polar surface area (TPSA) is 24.1 Å². The summed E-state index contributed by atoms with van der Waals surface area (Å²) in [6, 6.07) is 11.1. The molecule has 1 aliphatic rings. The third-order valence-electron chi connectivity index (χ3n) is 2.87. The van der Waals surface area contributed by atoms with Gasteiger partial charge in [0.05, 0.1) is 12.1 Å². The van der Waals surface area contributed by atoms with Crippen LogP contribution in [0.4, 0.5) is 0 Å². The molecule has 2 nitrogen and oxygen atoms in total. The first-order valence-electron chi connectivity index (χ1n) is 5.59. The molecule has 1 heterocycles. The molecule has 2 atom stereocenters. The molecule has 0 saturated carbocycles. The van der Waals surface area contributed by atoms with Crippen LogP contribution in [-0.2, 0) is 0 Å². The molecule has 2 N–H and O–H groups in total. The summed E-state index contributed by atoms with van der Waals surface area (Å²) < 4.78 is 0. The molecule has 0 spiro atoms. The molecule has 2 rings (SSSR count). The van der Waals surface area contributed by atoms with Crippen LogP contribution < -0.4 is 10.6 Å². The van der Waals surface area contributed by atoms with Crippen LogP contribution in [0.15, 0.2) is 54.9 Å². The van der Waals surface area contributed by atoms with Gasteiger partial charge in [-0.1, -0.05) is 43.5 Å². The summed E-state index contributed by atoms with van der Waals surface area (Å²) in [6.07, 6.45) is 1.02. The third kappa shape index (κ3) is 2.27. The van der Waals surface area contributed by atoms with Crippen molar-refractivity contribution in [1.82, 2.24) is 10.6 Å². The maximum Gasteiger partial charge on any atom is 0.0673 e. The van der Waals surface area contributed by atoms with Gasteiger partial charge in [0.1, 0.15) is 0 Å². The van der Waals surface area contributed by atoms with Crippen molar-refractivity contribution in [3.05, 3.63) is 60.4 Å². The summed E-state index contributed by atoms with van der Waals surface area (Å²) in [5.41, 5.74) is 3.35. The van der Waals surface area contributed by atoms with Gasteiger partial charge in [-0.15, -0.1) is 0 Å². The highest BCUT2D eigenvalue weighted by Crippen LogP contribution is 2.28. The molecule has 16 heavy (non-hydrogen) atoms. The molecule has 0 bridgehead atoms. The highest BCUT2D eigenvalue weighted by Gasteiger charge is 2.27. The lowest BCUT2D eigenvalue weighted by Gasteiger charge is -2.13. The number of hydrogen-bond acceptors (Lipinski definition) is 2. The lowest BCUT2D eigenvalue weighted by atomic mass is 10.0. The maximum absolute atomic E-state index is 4.05. The van der Waals surface area contributed by atoms with Gasteiger partial charge in [0.15, 0.2) is 0 Å². The van der Waals surface area contributed by atoms with Crippen molar-refractivity contribution in [2.45, 2.75) is 25.4 Å². The van der Waals surface area contributed by atoms with Crippen LogP contribution in [0.25, 0.3) is 0 Å². The molecule has 1 aromatic carbocycles. The van der Waals surface area contributed by atoms with E-state index in [1.165, 1.54) is 5.56 Å². The largest absolute Gasteiger partial charge is 0.381 e. The zero-order valence-corrected chi connectivity index (χ0v) is 9.66. The smallest absolute Gasteiger partial charge is 0.0673 e. The third-order valence-corrected chi connectivity index (χ3v) is 2.87. The fourth-order valence-electron chi connectivity index (χ4n) is 2.11. The Hall–Kier alpha value is -1.70. The second kappa shape index (κ2) is 4.44. The predicted molar refractivity (Wildman–Crippen MR) is 67.8 cm³/mol. The molecular weight excluding hydrogens is 196 g/mol. The van der Waals surface area contributed by atoms with Crippen LogP contribution in [0, 0.1) is 0 Å². The molecule has 2 heteroatoms. The molecule has 84 valence electrons. The molecule has 1 aromatic rings. The van der Waals surface area contributed by atoms with Crippen molar-refractivity contribution in [2.75, 3.05) is 0 Å². The van der Waals surface area contributed by atoms with E-state index in [-0.39, 0.29) is 0 Å². The van der Waals surface area contributed by atoms with Gasteiger partial charge in [-0.2, -0.15) is 0 Å². The van der Waals surface area contributed by atoms with Crippen molar-refractivity contribution in [2.24, 2.45) is 0 Å². The minimum atomic E-state index is 0.294. The number of hydrogen-bond donors (Lipinski definition) is 2. The van der Waals surface area contributed by atoms with Crippen LogP contribution in [0.5, 0.6) is 0 Å². The van der Waals surface area contributed by atoms with Gasteiger partial charge in [-0.3, -0.25) is 0 Å². The van der Waals surface area contributed by atoms with Gasteiger partial charge in [-0.05, 0) is 18.9 Å². The van der Waals surface area contributed by atoms with Gasteiger partial charge in [0.2, 0.25) is 0 Å². The standard InChI is InChI=1S/C14H18N2/c1-10(2)15-13-9-14(16-11(13)3)12-7-5-4-6-8-12/h4-8,13-16H,1,3,9H2,2H3. The van der Waals surface area contributed by atoms with Crippen LogP contribution in [0.1, 0.15) is 24.9 Å². The average molecular weight is 214 g/mol. The first-order valence-corrected chi connectivity index (χ1v) is 5.59. The van der Waals surface area contributed by atoms with E-state index in [0.717, 1.165) is 17.8 Å². The lowest BCUT2D eigenvalue weighted by Crippen LogP contribution is -2.26. The molecule has 1 fully saturated rings. The van der Waals surface area contributed by atoms with Crippen LogP contribution in [0.2, 0.25) is 0 Å². The van der Waals surface area contributed by atoms with Crippen LogP contribution in [-0.4, -0.2) is 6.04 Å². The Bertz CT molecular complexity index is 394. The van der Waals surface area contributed by atoms with Gasteiger partial charge < -0.3 is 10.6 Å². The normalized spacial score (nSPS) is 23.9. The highest BCUT2D eigenvalue weighted by molar-refractivity contribution is 5.26. The Morgan fingerprint density at radius 3 is 2.69 bits per heavy atom. The van der Waals surface area contributed by atoms with Gasteiger partial charge in [-0.25, -0.2) is 0 Å². The fourth-order valence-corrected chi connectivity index (χ4v) is 2.11. The molecule has 0 aromatic heterocycles. The van der Waals surface area contributed by atoms with E-state index in [4.69, 9.17) is 0 Å². The van der Waals surface area contributed by atoms with E-state index in [2.05, 4.69) is 48.1 Å². The number of allylic oxidation sites excluding steroid dienone is 1. The number of nitrogens with one attached hydrogen (secondary N) is 2. The molecule has 1 aliphatic heterocycles. The van der Waals surface area contributed by atoms with E-state index < -0.39 is 0 Å². The minimum absolute atomic E-state index is 0.294. The summed E-state index contributed by atoms with van der Waals surface area (Å²) in [6.45, 7) is 9.90. The number of benzene rings is 1. The Morgan fingerprint density at radius 1 is 1.38 bits per heavy atom. The van der Waals surface area contributed by atoms with Crippen molar-refractivity contribution < 1.29 is 0 Å². The molecule has 0 aliphatic carbocycles. The first-order chi connectivity index (χ1) is 7.66. The van der Waals surface area contributed by atoms with Gasteiger partial charge in [0.25, 0.3) is 0 Å². The Morgan fingerprint density at radius 2 is 2.06 bits per heavy atom. The van der Waals surface area contributed by atoms with Crippen molar-refractivity contribution in [3.63, 3.8) is 0 Å². The Kier molecular flexibility index (Phi) is 3.00. The summed E-state index contributed by atoms with van der Waals surface area (Å²) in [4.78, 5) is 0. The quantitative estimate of drug-likeness (QED) is 0.808. The van der Waals surface area contributed by atoms with E-state index in [1.54, 1.807) is 0 Å². The van der Waals surface area contributed by atoms with Crippen molar-refractivity contribution in [3.8, 4) is 0 Å².